The summed E-state index contributed by atoms with van der Waals surface area (Å²) in [6, 6.07) is 10.4. The number of nitrogens with zero attached hydrogens (tertiary/aromatic N) is 3. The molecule has 0 aliphatic carbocycles. The fourth-order valence-electron chi connectivity index (χ4n) is 2.04. The summed E-state index contributed by atoms with van der Waals surface area (Å²) >= 11 is 1.69. The molecule has 1 aromatic carbocycles. The van der Waals surface area contributed by atoms with Gasteiger partial charge in [0.1, 0.15) is 0 Å². The first kappa shape index (κ1) is 12.9. The minimum absolute atomic E-state index is 0.794. The standard InChI is InChI=1S/C15H16N4S/c1-12-15(20-11-17-12)9-16-14-5-2-4-13(8-14)10-19-7-3-6-18-19/h2-8,11,16H,9-10H2,1H3. The van der Waals surface area contributed by atoms with Crippen molar-refractivity contribution in [3.63, 3.8) is 0 Å². The second-order valence-electron chi connectivity index (χ2n) is 4.62. The molecule has 102 valence electrons. The number of benzene rings is 1. The van der Waals surface area contributed by atoms with E-state index >= 15 is 0 Å². The molecule has 1 N–H and O–H groups in total. The van der Waals surface area contributed by atoms with Gasteiger partial charge in [0.2, 0.25) is 0 Å². The first-order chi connectivity index (χ1) is 9.81. The number of hydrogen-bond donors (Lipinski definition) is 1. The maximum Gasteiger partial charge on any atom is 0.0798 e. The molecule has 5 heteroatoms. The third-order valence-corrected chi connectivity index (χ3v) is 4.06. The molecule has 0 unspecified atom stereocenters. The average molecular weight is 284 g/mol. The van der Waals surface area contributed by atoms with Crippen LogP contribution in [0, 0.1) is 6.92 Å². The third kappa shape index (κ3) is 3.05. The molecule has 0 aliphatic rings. The largest absolute Gasteiger partial charge is 0.380 e. The Morgan fingerprint density at radius 3 is 3.00 bits per heavy atom. The van der Waals surface area contributed by atoms with E-state index in [1.54, 1.807) is 17.5 Å². The molecule has 0 atom stereocenters. The topological polar surface area (TPSA) is 42.7 Å². The summed E-state index contributed by atoms with van der Waals surface area (Å²) in [5, 5.41) is 7.68. The Bertz CT molecular complexity index is 673. The zero-order chi connectivity index (χ0) is 13.8. The lowest BCUT2D eigenvalue weighted by Crippen LogP contribution is -2.02. The zero-order valence-corrected chi connectivity index (χ0v) is 12.1. The molecule has 0 spiro atoms. The molecule has 20 heavy (non-hydrogen) atoms. The van der Waals surface area contributed by atoms with Gasteiger partial charge in [-0.3, -0.25) is 4.68 Å². The molecule has 0 saturated heterocycles. The van der Waals surface area contributed by atoms with Gasteiger partial charge in [-0.15, -0.1) is 11.3 Å². The number of nitrogens with one attached hydrogen (secondary N) is 1. The number of rotatable bonds is 5. The highest BCUT2D eigenvalue weighted by atomic mass is 32.1. The summed E-state index contributed by atoms with van der Waals surface area (Å²) in [6.45, 7) is 3.66. The van der Waals surface area contributed by atoms with E-state index in [1.807, 2.05) is 29.4 Å². The number of anilines is 1. The molecular formula is C15H16N4S. The van der Waals surface area contributed by atoms with Crippen LogP contribution >= 0.6 is 11.3 Å². The maximum absolute atomic E-state index is 4.26. The van der Waals surface area contributed by atoms with E-state index in [0.717, 1.165) is 24.5 Å². The van der Waals surface area contributed by atoms with Gasteiger partial charge in [0.05, 0.1) is 24.3 Å². The number of thiazole rings is 1. The predicted octanol–water partition coefficient (Wildman–Crippen LogP) is 3.31. The van der Waals surface area contributed by atoms with Gasteiger partial charge < -0.3 is 5.32 Å². The van der Waals surface area contributed by atoms with Crippen molar-refractivity contribution in [2.45, 2.75) is 20.0 Å². The number of aromatic nitrogens is 3. The van der Waals surface area contributed by atoms with Crippen LogP contribution in [0.25, 0.3) is 0 Å². The first-order valence-electron chi connectivity index (χ1n) is 6.50. The Labute approximate surface area is 122 Å². The molecule has 0 saturated carbocycles. The van der Waals surface area contributed by atoms with Gasteiger partial charge in [-0.1, -0.05) is 12.1 Å². The molecule has 0 amide bonds. The van der Waals surface area contributed by atoms with E-state index in [4.69, 9.17) is 0 Å². The van der Waals surface area contributed by atoms with E-state index in [2.05, 4.69) is 39.7 Å². The van der Waals surface area contributed by atoms with Crippen molar-refractivity contribution in [1.82, 2.24) is 14.8 Å². The number of hydrogen-bond acceptors (Lipinski definition) is 4. The molecule has 2 aromatic heterocycles. The molecular weight excluding hydrogens is 268 g/mol. The lowest BCUT2D eigenvalue weighted by Gasteiger charge is -2.08. The van der Waals surface area contributed by atoms with E-state index in [-0.39, 0.29) is 0 Å². The van der Waals surface area contributed by atoms with Gasteiger partial charge in [0.15, 0.2) is 0 Å². The van der Waals surface area contributed by atoms with Crippen LogP contribution in [0.5, 0.6) is 0 Å². The summed E-state index contributed by atoms with van der Waals surface area (Å²) in [6.07, 6.45) is 3.77. The highest BCUT2D eigenvalue weighted by Crippen LogP contribution is 2.16. The van der Waals surface area contributed by atoms with E-state index in [9.17, 15) is 0 Å². The Morgan fingerprint density at radius 1 is 1.30 bits per heavy atom. The Morgan fingerprint density at radius 2 is 2.25 bits per heavy atom. The van der Waals surface area contributed by atoms with Crippen molar-refractivity contribution in [2.75, 3.05) is 5.32 Å². The first-order valence-corrected chi connectivity index (χ1v) is 7.38. The van der Waals surface area contributed by atoms with Crippen molar-refractivity contribution in [2.24, 2.45) is 0 Å². The van der Waals surface area contributed by atoms with Crippen LogP contribution in [0.3, 0.4) is 0 Å². The second-order valence-corrected chi connectivity index (χ2v) is 5.56. The summed E-state index contributed by atoms with van der Waals surface area (Å²) in [7, 11) is 0. The van der Waals surface area contributed by atoms with Crippen LogP contribution in [0.2, 0.25) is 0 Å². The van der Waals surface area contributed by atoms with E-state index in [1.165, 1.54) is 10.4 Å². The predicted molar refractivity (Wildman–Crippen MR) is 81.9 cm³/mol. The van der Waals surface area contributed by atoms with Crippen LogP contribution < -0.4 is 5.32 Å². The highest BCUT2D eigenvalue weighted by molar-refractivity contribution is 7.09. The second kappa shape index (κ2) is 5.88. The normalized spacial score (nSPS) is 10.7. The highest BCUT2D eigenvalue weighted by Gasteiger charge is 2.02. The molecule has 2 heterocycles. The molecule has 0 radical (unpaired) electrons. The Kier molecular flexibility index (Phi) is 3.78. The van der Waals surface area contributed by atoms with Gasteiger partial charge in [0, 0.05) is 23.0 Å². The van der Waals surface area contributed by atoms with Gasteiger partial charge in [-0.25, -0.2) is 4.98 Å². The molecule has 3 rings (SSSR count). The van der Waals surface area contributed by atoms with E-state index in [0.29, 0.717) is 0 Å². The monoisotopic (exact) mass is 284 g/mol. The minimum atomic E-state index is 0.794. The van der Waals surface area contributed by atoms with E-state index < -0.39 is 0 Å². The zero-order valence-electron chi connectivity index (χ0n) is 11.3. The average Bonchev–Trinajstić information content (AvgIpc) is 3.09. The van der Waals surface area contributed by atoms with Gasteiger partial charge >= 0.3 is 0 Å². The summed E-state index contributed by atoms with van der Waals surface area (Å²) in [5.74, 6) is 0. The lowest BCUT2D eigenvalue weighted by molar-refractivity contribution is 0.687. The van der Waals surface area contributed by atoms with Gasteiger partial charge in [-0.05, 0) is 30.7 Å². The smallest absolute Gasteiger partial charge is 0.0798 e. The molecule has 4 nitrogen and oxygen atoms in total. The molecule has 0 bridgehead atoms. The van der Waals surface area contributed by atoms with Crippen LogP contribution in [0.1, 0.15) is 16.1 Å². The summed E-state index contributed by atoms with van der Waals surface area (Å²) in [5.41, 5.74) is 5.36. The molecule has 3 aromatic rings. The third-order valence-electron chi connectivity index (χ3n) is 3.13. The van der Waals surface area contributed by atoms with Gasteiger partial charge in [0.25, 0.3) is 0 Å². The van der Waals surface area contributed by atoms with Gasteiger partial charge in [-0.2, -0.15) is 5.10 Å². The molecule has 0 aliphatic heterocycles. The van der Waals surface area contributed by atoms with Crippen LogP contribution in [-0.2, 0) is 13.1 Å². The van der Waals surface area contributed by atoms with Crippen molar-refractivity contribution in [1.29, 1.82) is 0 Å². The summed E-state index contributed by atoms with van der Waals surface area (Å²) < 4.78 is 1.92. The fraction of sp³-hybridized carbons (Fsp3) is 0.200. The van der Waals surface area contributed by atoms with Crippen molar-refractivity contribution in [3.8, 4) is 0 Å². The van der Waals surface area contributed by atoms with Crippen LogP contribution in [0.15, 0.2) is 48.2 Å². The Balaban J connectivity index is 1.67. The maximum atomic E-state index is 4.26. The minimum Gasteiger partial charge on any atom is -0.380 e. The van der Waals surface area contributed by atoms with Crippen molar-refractivity contribution >= 4 is 17.0 Å². The van der Waals surface area contributed by atoms with Crippen LogP contribution in [0.4, 0.5) is 5.69 Å². The van der Waals surface area contributed by atoms with Crippen molar-refractivity contribution in [3.05, 3.63) is 64.4 Å². The summed E-state index contributed by atoms with van der Waals surface area (Å²) in [4.78, 5) is 5.54. The quantitative estimate of drug-likeness (QED) is 0.781. The lowest BCUT2D eigenvalue weighted by atomic mass is 10.2. The fourth-order valence-corrected chi connectivity index (χ4v) is 2.76. The Hall–Kier alpha value is -2.14. The SMILES string of the molecule is Cc1ncsc1CNc1cccc(Cn2cccn2)c1. The number of aryl methyl sites for hydroxylation is 1. The van der Waals surface area contributed by atoms with Crippen LogP contribution in [-0.4, -0.2) is 14.8 Å². The van der Waals surface area contributed by atoms with Crippen molar-refractivity contribution < 1.29 is 0 Å². The molecule has 0 fully saturated rings.